The lowest BCUT2D eigenvalue weighted by atomic mass is 10.1. The van der Waals surface area contributed by atoms with Crippen LogP contribution >= 0.6 is 0 Å². The molecule has 1 N–H and O–H groups in total. The molecular weight excluding hydrogens is 312 g/mol. The fraction of sp³-hybridized carbons (Fsp3) is 0.471. The largest absolute Gasteiger partial charge is 0.444 e. The van der Waals surface area contributed by atoms with Gasteiger partial charge in [0.15, 0.2) is 0 Å². The molecule has 1 aromatic rings. The zero-order chi connectivity index (χ0) is 17.9. The molecule has 2 heterocycles. The monoisotopic (exact) mass is 334 g/mol. The summed E-state index contributed by atoms with van der Waals surface area (Å²) in [6.07, 6.45) is 2.05. The highest BCUT2D eigenvalue weighted by Gasteiger charge is 2.34. The van der Waals surface area contributed by atoms with Gasteiger partial charge in [0.05, 0.1) is 11.1 Å². The molecule has 0 radical (unpaired) electrons. The van der Waals surface area contributed by atoms with E-state index in [9.17, 15) is 14.4 Å². The lowest BCUT2D eigenvalue weighted by Crippen LogP contribution is -2.34. The molecule has 7 heteroatoms. The first-order valence-electron chi connectivity index (χ1n) is 7.85. The van der Waals surface area contributed by atoms with Gasteiger partial charge < -0.3 is 9.64 Å². The molecule has 0 aromatic heterocycles. The maximum atomic E-state index is 11.4. The lowest BCUT2D eigenvalue weighted by Gasteiger charge is -2.23. The van der Waals surface area contributed by atoms with Crippen LogP contribution < -0.4 is 0 Å². The number of nitrogens with zero attached hydrogens (tertiary/aromatic N) is 2. The average Bonchev–Trinajstić information content (AvgIpc) is 3.12. The number of hydrogen-bond donors (Lipinski definition) is 1. The van der Waals surface area contributed by atoms with Crippen LogP contribution in [-0.4, -0.2) is 51.8 Å². The van der Waals surface area contributed by atoms with Gasteiger partial charge in [-0.3, -0.25) is 14.8 Å². The van der Waals surface area contributed by atoms with Crippen LogP contribution in [0.1, 0.15) is 54.3 Å². The van der Waals surface area contributed by atoms with E-state index in [1.807, 2.05) is 20.8 Å². The van der Waals surface area contributed by atoms with E-state index in [2.05, 4.69) is 0 Å². The zero-order valence-electron chi connectivity index (χ0n) is 14.1. The number of imide groups is 1. The van der Waals surface area contributed by atoms with Gasteiger partial charge in [-0.1, -0.05) is 12.1 Å². The Kier molecular flexibility index (Phi) is 5.23. The molecule has 1 fully saturated rings. The van der Waals surface area contributed by atoms with Crippen molar-refractivity contribution in [3.8, 4) is 0 Å². The molecule has 7 nitrogen and oxygen atoms in total. The first-order chi connectivity index (χ1) is 11.2. The van der Waals surface area contributed by atoms with Crippen LogP contribution in [0.2, 0.25) is 0 Å². The van der Waals surface area contributed by atoms with Crippen molar-refractivity contribution in [2.75, 3.05) is 13.1 Å². The highest BCUT2D eigenvalue weighted by atomic mass is 16.6. The third-order valence-electron chi connectivity index (χ3n) is 3.53. The van der Waals surface area contributed by atoms with Gasteiger partial charge in [0, 0.05) is 13.1 Å². The van der Waals surface area contributed by atoms with Crippen LogP contribution in [0.25, 0.3) is 0 Å². The number of fused-ring (bicyclic) bond motifs is 1. The quantitative estimate of drug-likeness (QED) is 0.582. The molecule has 1 aromatic carbocycles. The summed E-state index contributed by atoms with van der Waals surface area (Å²) in [6, 6.07) is 6.30. The number of amides is 3. The SMILES string of the molecule is CC(C)(C)OC(=O)N1CCCC1.O=C1c2ccccc2C(=O)N1O. The summed E-state index contributed by atoms with van der Waals surface area (Å²) in [7, 11) is 0. The van der Waals surface area contributed by atoms with Crippen molar-refractivity contribution in [2.24, 2.45) is 0 Å². The van der Waals surface area contributed by atoms with Gasteiger partial charge in [-0.2, -0.15) is 0 Å². The molecule has 1 saturated heterocycles. The summed E-state index contributed by atoms with van der Waals surface area (Å²) in [4.78, 5) is 35.3. The Morgan fingerprint density at radius 1 is 1.04 bits per heavy atom. The average molecular weight is 334 g/mol. The maximum absolute atomic E-state index is 11.4. The molecule has 0 aliphatic carbocycles. The third kappa shape index (κ3) is 4.11. The Hall–Kier alpha value is -2.41. The minimum absolute atomic E-state index is 0.130. The van der Waals surface area contributed by atoms with E-state index < -0.39 is 11.8 Å². The van der Waals surface area contributed by atoms with Gasteiger partial charge in [-0.05, 0) is 45.7 Å². The van der Waals surface area contributed by atoms with E-state index in [1.165, 1.54) is 12.1 Å². The number of carbonyl (C=O) groups excluding carboxylic acids is 3. The van der Waals surface area contributed by atoms with Crippen LogP contribution in [0, 0.1) is 0 Å². The van der Waals surface area contributed by atoms with Gasteiger partial charge in [0.2, 0.25) is 0 Å². The maximum Gasteiger partial charge on any atom is 0.410 e. The summed E-state index contributed by atoms with van der Waals surface area (Å²) < 4.78 is 5.21. The van der Waals surface area contributed by atoms with Crippen LogP contribution in [0.5, 0.6) is 0 Å². The van der Waals surface area contributed by atoms with Crippen molar-refractivity contribution in [3.63, 3.8) is 0 Å². The van der Waals surface area contributed by atoms with E-state index >= 15 is 0 Å². The normalized spacial score (nSPS) is 16.7. The molecule has 3 rings (SSSR count). The predicted octanol–water partition coefficient (Wildman–Crippen LogP) is 2.69. The highest BCUT2D eigenvalue weighted by molar-refractivity contribution is 6.20. The van der Waals surface area contributed by atoms with E-state index in [4.69, 9.17) is 9.94 Å². The standard InChI is InChI=1S/C9H17NO2.C8H5NO3/c1-9(2,3)12-8(11)10-6-4-5-7-10;10-7-5-3-1-2-4-6(5)8(11)9(7)12/h4-7H2,1-3H3;1-4,12H. The number of rotatable bonds is 0. The van der Waals surface area contributed by atoms with Gasteiger partial charge in [0.25, 0.3) is 11.8 Å². The lowest BCUT2D eigenvalue weighted by molar-refractivity contribution is -0.0327. The number of hydrogen-bond acceptors (Lipinski definition) is 5. The van der Waals surface area contributed by atoms with Crippen LogP contribution in [0.3, 0.4) is 0 Å². The number of likely N-dealkylation sites (tertiary alicyclic amines) is 1. The second-order valence-corrected chi connectivity index (χ2v) is 6.64. The van der Waals surface area contributed by atoms with E-state index in [0.29, 0.717) is 0 Å². The van der Waals surface area contributed by atoms with Gasteiger partial charge >= 0.3 is 6.09 Å². The summed E-state index contributed by atoms with van der Waals surface area (Å²) in [5.74, 6) is -1.31. The minimum Gasteiger partial charge on any atom is -0.444 e. The topological polar surface area (TPSA) is 87.2 Å². The summed E-state index contributed by atoms with van der Waals surface area (Å²) in [5, 5.41) is 9.05. The number of carbonyl (C=O) groups is 3. The van der Waals surface area contributed by atoms with Crippen LogP contribution in [0.4, 0.5) is 4.79 Å². The van der Waals surface area contributed by atoms with Crippen molar-refractivity contribution < 1.29 is 24.3 Å². The third-order valence-corrected chi connectivity index (χ3v) is 3.53. The Bertz CT molecular complexity index is 610. The highest BCUT2D eigenvalue weighted by Crippen LogP contribution is 2.20. The van der Waals surface area contributed by atoms with Crippen molar-refractivity contribution in [2.45, 2.75) is 39.2 Å². The first kappa shape index (κ1) is 17.9. The van der Waals surface area contributed by atoms with E-state index in [0.717, 1.165) is 25.9 Å². The Balaban J connectivity index is 0.000000174. The van der Waals surface area contributed by atoms with Gasteiger partial charge in [0.1, 0.15) is 5.60 Å². The molecule has 2 aliphatic rings. The van der Waals surface area contributed by atoms with Crippen LogP contribution in [-0.2, 0) is 4.74 Å². The minimum atomic E-state index is -0.657. The number of hydroxylamine groups is 2. The van der Waals surface area contributed by atoms with Crippen molar-refractivity contribution in [1.82, 2.24) is 9.96 Å². The van der Waals surface area contributed by atoms with E-state index in [1.54, 1.807) is 17.0 Å². The summed E-state index contributed by atoms with van der Waals surface area (Å²) in [6.45, 7) is 7.38. The molecule has 0 atom stereocenters. The molecular formula is C17H22N2O5. The molecule has 0 unspecified atom stereocenters. The molecule has 0 saturated carbocycles. The number of benzene rings is 1. The van der Waals surface area contributed by atoms with E-state index in [-0.39, 0.29) is 27.9 Å². The summed E-state index contributed by atoms with van der Waals surface area (Å²) >= 11 is 0. The zero-order valence-corrected chi connectivity index (χ0v) is 14.1. The van der Waals surface area contributed by atoms with Crippen molar-refractivity contribution in [3.05, 3.63) is 35.4 Å². The van der Waals surface area contributed by atoms with Gasteiger partial charge in [-0.15, -0.1) is 5.06 Å². The summed E-state index contributed by atoms with van der Waals surface area (Å²) in [5.41, 5.74) is 0.148. The molecule has 0 spiro atoms. The van der Waals surface area contributed by atoms with Crippen molar-refractivity contribution >= 4 is 17.9 Å². The Labute approximate surface area is 140 Å². The smallest absolute Gasteiger partial charge is 0.410 e. The first-order valence-corrected chi connectivity index (χ1v) is 7.85. The fourth-order valence-electron chi connectivity index (χ4n) is 2.40. The predicted molar refractivity (Wildman–Crippen MR) is 85.8 cm³/mol. The molecule has 2 aliphatic heterocycles. The Morgan fingerprint density at radius 3 is 1.92 bits per heavy atom. The molecule has 3 amide bonds. The molecule has 130 valence electrons. The second kappa shape index (κ2) is 7.00. The van der Waals surface area contributed by atoms with Crippen molar-refractivity contribution in [1.29, 1.82) is 0 Å². The fourth-order valence-corrected chi connectivity index (χ4v) is 2.40. The molecule has 0 bridgehead atoms. The molecule has 24 heavy (non-hydrogen) atoms. The number of ether oxygens (including phenoxy) is 1. The Morgan fingerprint density at radius 2 is 1.50 bits per heavy atom. The second-order valence-electron chi connectivity index (χ2n) is 6.64. The van der Waals surface area contributed by atoms with Crippen LogP contribution in [0.15, 0.2) is 24.3 Å². The van der Waals surface area contributed by atoms with Gasteiger partial charge in [-0.25, -0.2) is 4.79 Å².